The predicted octanol–water partition coefficient (Wildman–Crippen LogP) is 11.6. The number of aliphatic imine (C=N–C) groups is 1. The van der Waals surface area contributed by atoms with Crippen molar-refractivity contribution in [3.8, 4) is 23.0 Å². The molecule has 0 aliphatic carbocycles. The van der Waals surface area contributed by atoms with Gasteiger partial charge in [-0.25, -0.2) is 4.79 Å². The van der Waals surface area contributed by atoms with Crippen molar-refractivity contribution in [3.63, 3.8) is 0 Å². The minimum atomic E-state index is -2.06. The minimum Gasteiger partial charge on any atom is -0.493 e. The summed E-state index contributed by atoms with van der Waals surface area (Å²) in [6.45, 7) is 36.8. The van der Waals surface area contributed by atoms with E-state index in [2.05, 4.69) is 58.9 Å². The van der Waals surface area contributed by atoms with Crippen LogP contribution >= 0.6 is 0 Å². The van der Waals surface area contributed by atoms with Gasteiger partial charge in [-0.2, -0.15) is 4.99 Å². The SMILES string of the molecule is C=C1C[C@@H](CC)N(C(=O)c2cc(OC)c(OCc3cc(COc4cc(N)c(C(=O)N5CC(=C)C[C@H]5CO[Si](C)(C)C(C)(C)C)cc4C)cc(OCCOCCOCCCC(CC(=O)OC(C)(C)C)=NC(=O)OC(C)(C)C)c3)cc2N)C1. The molecule has 0 spiro atoms. The van der Waals surface area contributed by atoms with Gasteiger partial charge in [0.25, 0.3) is 11.8 Å². The van der Waals surface area contributed by atoms with Crippen LogP contribution in [-0.4, -0.2) is 131 Å². The highest BCUT2D eigenvalue weighted by Crippen LogP contribution is 2.39. The van der Waals surface area contributed by atoms with E-state index in [1.54, 1.807) is 65.8 Å². The minimum absolute atomic E-state index is 0.0294. The number of esters is 1. The number of nitrogen functional groups attached to an aromatic ring is 2. The average molecular weight is 1140 g/mol. The Morgan fingerprint density at radius 2 is 1.21 bits per heavy atom. The van der Waals surface area contributed by atoms with E-state index in [1.165, 1.54) is 7.11 Å². The van der Waals surface area contributed by atoms with Gasteiger partial charge in [-0.15, -0.1) is 0 Å². The topological polar surface area (TPSA) is 222 Å². The van der Waals surface area contributed by atoms with Crippen LogP contribution in [0.2, 0.25) is 18.1 Å². The highest BCUT2D eigenvalue weighted by atomic mass is 28.4. The fourth-order valence-corrected chi connectivity index (χ4v) is 10.1. The number of nitrogens with two attached hydrogens (primary N) is 2. The van der Waals surface area contributed by atoms with Crippen molar-refractivity contribution in [2.45, 2.75) is 169 Å². The second kappa shape index (κ2) is 28.5. The number of nitrogens with zero attached hydrogens (tertiary/aromatic N) is 3. The van der Waals surface area contributed by atoms with E-state index in [-0.39, 0.29) is 67.5 Å². The number of hydrogen-bond acceptors (Lipinski definition) is 15. The maximum absolute atomic E-state index is 14.2. The number of methoxy groups -OCH3 is 1. The van der Waals surface area contributed by atoms with Gasteiger partial charge in [-0.1, -0.05) is 52.0 Å². The lowest BCUT2D eigenvalue weighted by molar-refractivity contribution is -0.153. The number of anilines is 2. The van der Waals surface area contributed by atoms with Crippen molar-refractivity contribution in [2.75, 3.05) is 71.3 Å². The van der Waals surface area contributed by atoms with E-state index < -0.39 is 31.6 Å². The van der Waals surface area contributed by atoms with Crippen LogP contribution in [0.4, 0.5) is 16.2 Å². The first-order valence-electron chi connectivity index (χ1n) is 28.0. The van der Waals surface area contributed by atoms with Crippen LogP contribution in [0.15, 0.2) is 71.8 Å². The van der Waals surface area contributed by atoms with Gasteiger partial charge in [0, 0.05) is 55.0 Å². The van der Waals surface area contributed by atoms with Crippen LogP contribution in [0, 0.1) is 6.92 Å². The Hall–Kier alpha value is -6.41. The molecule has 0 unspecified atom stereocenters. The molecule has 3 aromatic carbocycles. The molecule has 2 atom stereocenters. The fraction of sp³-hybridized carbons (Fsp3) is 0.565. The second-order valence-electron chi connectivity index (χ2n) is 24.5. The molecule has 2 aliphatic heterocycles. The lowest BCUT2D eigenvalue weighted by atomic mass is 10.1. The molecule has 0 aromatic heterocycles. The molecule has 3 amide bonds. The van der Waals surface area contributed by atoms with Crippen LogP contribution in [0.25, 0.3) is 0 Å². The number of likely N-dealkylation sites (tertiary alicyclic amines) is 2. The van der Waals surface area contributed by atoms with Crippen LogP contribution < -0.4 is 30.4 Å². The number of rotatable bonds is 26. The third-order valence-corrected chi connectivity index (χ3v) is 18.6. The third kappa shape index (κ3) is 19.9. The Morgan fingerprint density at radius 3 is 1.78 bits per heavy atom. The molecule has 3 aromatic rings. The number of benzene rings is 3. The molecule has 0 saturated carbocycles. The number of carbonyl (C=O) groups is 4. The summed E-state index contributed by atoms with van der Waals surface area (Å²) in [5.74, 6) is 0.907. The zero-order valence-electron chi connectivity index (χ0n) is 50.7. The summed E-state index contributed by atoms with van der Waals surface area (Å²) >= 11 is 0. The third-order valence-electron chi connectivity index (χ3n) is 14.1. The molecule has 2 aliphatic rings. The van der Waals surface area contributed by atoms with Gasteiger partial charge in [0.2, 0.25) is 0 Å². The lowest BCUT2D eigenvalue weighted by Crippen LogP contribution is -2.46. The summed E-state index contributed by atoms with van der Waals surface area (Å²) in [7, 11) is -0.549. The molecule has 4 N–H and O–H groups in total. The van der Waals surface area contributed by atoms with Gasteiger partial charge >= 0.3 is 12.1 Å². The molecule has 2 saturated heterocycles. The fourth-order valence-electron chi connectivity index (χ4n) is 9.01. The van der Waals surface area contributed by atoms with Crippen LogP contribution in [0.1, 0.15) is 145 Å². The predicted molar refractivity (Wildman–Crippen MR) is 319 cm³/mol. The molecular formula is C62H91N5O13Si. The van der Waals surface area contributed by atoms with Gasteiger partial charge in [-0.05, 0) is 146 Å². The molecule has 0 bridgehead atoms. The highest BCUT2D eigenvalue weighted by molar-refractivity contribution is 6.74. The first-order valence-corrected chi connectivity index (χ1v) is 30.9. The molecule has 19 heteroatoms. The zero-order chi connectivity index (χ0) is 60.0. The summed E-state index contributed by atoms with van der Waals surface area (Å²) in [6, 6.07) is 12.3. The summed E-state index contributed by atoms with van der Waals surface area (Å²) in [5.41, 5.74) is 17.6. The molecule has 18 nitrogen and oxygen atoms in total. The summed E-state index contributed by atoms with van der Waals surface area (Å²) in [6.07, 6.45) is 2.16. The Balaban J connectivity index is 1.25. The van der Waals surface area contributed by atoms with Gasteiger partial charge < -0.3 is 63.6 Å². The number of carbonyl (C=O) groups excluding carboxylic acids is 4. The van der Waals surface area contributed by atoms with Gasteiger partial charge in [0.05, 0.1) is 57.1 Å². The van der Waals surface area contributed by atoms with Crippen LogP contribution in [-0.2, 0) is 41.4 Å². The standard InChI is InChI=1S/C62H91N5O13Si/c1-17-46-25-40(2)35-66(46)58(70)50-32-54(72-14)55(34-52(50)64)77-38-44-28-43(37-76-53-33-51(63)49(27-42(53)4)57(69)67-36-41(3)26-47(67)39-78-81(15,16)62(11,12)13)29-48(30-44)75-24-23-74-22-21-73-20-18-19-45(31-56(68)79-60(5,6)7)65-59(71)80-61(8,9)10/h27-30,32-34,46-47H,2-3,17-26,31,35-39,63-64H2,1,4-16H3/t46-,47+/m1/s1. The smallest absolute Gasteiger partial charge is 0.434 e. The highest BCUT2D eigenvalue weighted by Gasteiger charge is 2.40. The molecule has 2 heterocycles. The van der Waals surface area contributed by atoms with Crippen LogP contribution in [0.3, 0.4) is 0 Å². The Kier molecular flexibility index (Phi) is 23.0. The number of amides is 3. The Labute approximate surface area is 481 Å². The van der Waals surface area contributed by atoms with Crippen molar-refractivity contribution in [3.05, 3.63) is 94.6 Å². The monoisotopic (exact) mass is 1140 g/mol. The molecule has 5 rings (SSSR count). The van der Waals surface area contributed by atoms with E-state index in [0.29, 0.717) is 104 Å². The van der Waals surface area contributed by atoms with Crippen LogP contribution in [0.5, 0.6) is 23.0 Å². The molecule has 446 valence electrons. The second-order valence-corrected chi connectivity index (χ2v) is 29.3. The summed E-state index contributed by atoms with van der Waals surface area (Å²) in [4.78, 5) is 60.7. The molecule has 81 heavy (non-hydrogen) atoms. The number of aryl methyl sites for hydroxylation is 1. The maximum atomic E-state index is 14.2. The van der Waals surface area contributed by atoms with Gasteiger partial charge in [0.15, 0.2) is 19.8 Å². The summed E-state index contributed by atoms with van der Waals surface area (Å²) in [5, 5.41) is 0.0294. The van der Waals surface area contributed by atoms with E-state index in [9.17, 15) is 19.2 Å². The zero-order valence-corrected chi connectivity index (χ0v) is 51.7. The summed E-state index contributed by atoms with van der Waals surface area (Å²) < 4.78 is 53.7. The van der Waals surface area contributed by atoms with Crippen molar-refractivity contribution in [1.29, 1.82) is 0 Å². The maximum Gasteiger partial charge on any atom is 0.434 e. The average Bonchev–Trinajstić information content (AvgIpc) is 4.00. The largest absolute Gasteiger partial charge is 0.493 e. The van der Waals surface area contributed by atoms with E-state index >= 15 is 0 Å². The number of ether oxygens (including phenoxy) is 8. The van der Waals surface area contributed by atoms with E-state index in [0.717, 1.165) is 40.7 Å². The van der Waals surface area contributed by atoms with E-state index in [1.807, 2.05) is 34.9 Å². The number of hydrogen-bond donors (Lipinski definition) is 2. The van der Waals surface area contributed by atoms with Gasteiger partial charge in [-0.3, -0.25) is 14.4 Å². The van der Waals surface area contributed by atoms with E-state index in [4.69, 9.17) is 53.8 Å². The first kappa shape index (κ1) is 65.4. The molecule has 2 fully saturated rings. The normalized spacial score (nSPS) is 16.2. The molecular weight excluding hydrogens is 1050 g/mol. The van der Waals surface area contributed by atoms with Crippen molar-refractivity contribution >= 4 is 49.3 Å². The quantitative estimate of drug-likeness (QED) is 0.0190. The molecule has 0 radical (unpaired) electrons. The van der Waals surface area contributed by atoms with Gasteiger partial charge in [0.1, 0.15) is 42.5 Å². The Bertz CT molecular complexity index is 2760. The van der Waals surface area contributed by atoms with Crippen molar-refractivity contribution < 1.29 is 61.5 Å². The first-order chi connectivity index (χ1) is 37.9. The van der Waals surface area contributed by atoms with Crippen molar-refractivity contribution in [1.82, 2.24) is 9.80 Å². The lowest BCUT2D eigenvalue weighted by Gasteiger charge is -2.38. The Morgan fingerprint density at radius 1 is 0.679 bits per heavy atom. The van der Waals surface area contributed by atoms with Crippen molar-refractivity contribution in [2.24, 2.45) is 4.99 Å².